The first kappa shape index (κ1) is 10.5. The maximum atomic E-state index is 11.5. The van der Waals surface area contributed by atoms with Crippen LogP contribution in [0.3, 0.4) is 0 Å². The number of nitriles is 1. The molecule has 1 N–H and O–H groups in total. The molecule has 0 aromatic heterocycles. The quantitative estimate of drug-likeness (QED) is 0.730. The minimum atomic E-state index is -0.231. The Kier molecular flexibility index (Phi) is 2.75. The molecule has 0 unspecified atom stereocenters. The van der Waals surface area contributed by atoms with Gasteiger partial charge in [0.2, 0.25) is 0 Å². The third-order valence-electron chi connectivity index (χ3n) is 2.38. The fourth-order valence-electron chi connectivity index (χ4n) is 1.59. The van der Waals surface area contributed by atoms with Gasteiger partial charge in [-0.05, 0) is 17.7 Å². The fourth-order valence-corrected chi connectivity index (χ4v) is 1.59. The van der Waals surface area contributed by atoms with Crippen molar-refractivity contribution in [1.82, 2.24) is 0 Å². The van der Waals surface area contributed by atoms with E-state index in [-0.39, 0.29) is 25.7 Å². The number of carbonyl (C=O) groups excluding carboxylic acids is 1. The third kappa shape index (κ3) is 1.71. The van der Waals surface area contributed by atoms with Gasteiger partial charge in [0.25, 0.3) is 5.91 Å². The molecule has 0 saturated heterocycles. The Hall–Kier alpha value is -2.06. The van der Waals surface area contributed by atoms with Crippen molar-refractivity contribution in [1.29, 1.82) is 5.26 Å². The van der Waals surface area contributed by atoms with E-state index in [2.05, 4.69) is 0 Å². The van der Waals surface area contributed by atoms with E-state index in [1.54, 1.807) is 18.2 Å². The molecule has 1 aliphatic heterocycles. The standard InChI is InChI=1S/C11H10N2O3/c12-3-4-13-9-2-1-8(6-14)5-10(9)16-7-11(13)15/h1-2,5,14H,4,6-7H2. The van der Waals surface area contributed by atoms with Gasteiger partial charge in [-0.3, -0.25) is 9.69 Å². The van der Waals surface area contributed by atoms with Crippen LogP contribution in [-0.4, -0.2) is 24.2 Å². The number of aliphatic hydroxyl groups excluding tert-OH is 1. The van der Waals surface area contributed by atoms with Crippen molar-refractivity contribution in [2.45, 2.75) is 6.61 Å². The molecule has 0 atom stereocenters. The summed E-state index contributed by atoms with van der Waals surface area (Å²) in [5.41, 5.74) is 1.29. The number of nitrogens with zero attached hydrogens (tertiary/aromatic N) is 2. The predicted octanol–water partition coefficient (Wildman–Crippen LogP) is 0.428. The van der Waals surface area contributed by atoms with Crippen molar-refractivity contribution in [3.05, 3.63) is 23.8 Å². The van der Waals surface area contributed by atoms with Crippen LogP contribution in [-0.2, 0) is 11.4 Å². The number of carbonyl (C=O) groups is 1. The summed E-state index contributed by atoms with van der Waals surface area (Å²) in [6, 6.07) is 6.99. The van der Waals surface area contributed by atoms with E-state index in [9.17, 15) is 4.79 Å². The number of hydrogen-bond donors (Lipinski definition) is 1. The second kappa shape index (κ2) is 4.21. The Morgan fingerprint density at radius 1 is 1.56 bits per heavy atom. The van der Waals surface area contributed by atoms with Crippen molar-refractivity contribution in [3.8, 4) is 11.8 Å². The molecule has 0 aliphatic carbocycles. The monoisotopic (exact) mass is 218 g/mol. The predicted molar refractivity (Wildman–Crippen MR) is 55.8 cm³/mol. The van der Waals surface area contributed by atoms with Crippen LogP contribution in [0.5, 0.6) is 5.75 Å². The maximum absolute atomic E-state index is 11.5. The van der Waals surface area contributed by atoms with Gasteiger partial charge in [-0.1, -0.05) is 6.07 Å². The summed E-state index contributed by atoms with van der Waals surface area (Å²) in [6.07, 6.45) is 0. The van der Waals surface area contributed by atoms with E-state index < -0.39 is 0 Å². The lowest BCUT2D eigenvalue weighted by atomic mass is 10.1. The molecule has 2 rings (SSSR count). The molecule has 0 radical (unpaired) electrons. The second-order valence-electron chi connectivity index (χ2n) is 3.39. The van der Waals surface area contributed by atoms with Crippen molar-refractivity contribution >= 4 is 11.6 Å². The highest BCUT2D eigenvalue weighted by Gasteiger charge is 2.25. The van der Waals surface area contributed by atoms with Gasteiger partial charge in [-0.2, -0.15) is 5.26 Å². The van der Waals surface area contributed by atoms with Crippen LogP contribution in [0, 0.1) is 11.3 Å². The SMILES string of the molecule is N#CCN1C(=O)COc2cc(CO)ccc21. The van der Waals surface area contributed by atoms with Crippen LogP contribution in [0.25, 0.3) is 0 Å². The molecule has 1 aromatic carbocycles. The number of amides is 1. The number of ether oxygens (including phenoxy) is 1. The van der Waals surface area contributed by atoms with Crippen molar-refractivity contribution in [2.75, 3.05) is 18.1 Å². The highest BCUT2D eigenvalue weighted by atomic mass is 16.5. The molecule has 0 spiro atoms. The van der Waals surface area contributed by atoms with Crippen LogP contribution < -0.4 is 9.64 Å². The molecule has 1 heterocycles. The van der Waals surface area contributed by atoms with E-state index >= 15 is 0 Å². The van der Waals surface area contributed by atoms with Crippen LogP contribution >= 0.6 is 0 Å². The summed E-state index contributed by atoms with van der Waals surface area (Å²) in [5.74, 6) is 0.298. The van der Waals surface area contributed by atoms with Gasteiger partial charge < -0.3 is 9.84 Å². The van der Waals surface area contributed by atoms with Gasteiger partial charge in [0.1, 0.15) is 12.3 Å². The van der Waals surface area contributed by atoms with Crippen LogP contribution in [0.4, 0.5) is 5.69 Å². The zero-order chi connectivity index (χ0) is 11.5. The largest absolute Gasteiger partial charge is 0.482 e. The molecule has 1 aromatic rings. The van der Waals surface area contributed by atoms with Gasteiger partial charge in [0.15, 0.2) is 6.61 Å². The van der Waals surface area contributed by atoms with E-state index in [0.29, 0.717) is 17.0 Å². The molecule has 0 saturated carbocycles. The molecular weight excluding hydrogens is 208 g/mol. The first-order valence-corrected chi connectivity index (χ1v) is 4.80. The van der Waals surface area contributed by atoms with Crippen molar-refractivity contribution < 1.29 is 14.6 Å². The topological polar surface area (TPSA) is 73.6 Å². The lowest BCUT2D eigenvalue weighted by Crippen LogP contribution is -2.39. The Bertz CT molecular complexity index is 465. The van der Waals surface area contributed by atoms with Crippen LogP contribution in [0.2, 0.25) is 0 Å². The summed E-state index contributed by atoms with van der Waals surface area (Å²) >= 11 is 0. The number of anilines is 1. The number of rotatable bonds is 2. The molecule has 1 amide bonds. The average molecular weight is 218 g/mol. The highest BCUT2D eigenvalue weighted by molar-refractivity contribution is 5.98. The minimum absolute atomic E-state index is 0.00760. The summed E-state index contributed by atoms with van der Waals surface area (Å²) in [4.78, 5) is 12.9. The molecule has 5 nitrogen and oxygen atoms in total. The zero-order valence-corrected chi connectivity index (χ0v) is 8.51. The fraction of sp³-hybridized carbons (Fsp3) is 0.273. The lowest BCUT2D eigenvalue weighted by Gasteiger charge is -2.27. The summed E-state index contributed by atoms with van der Waals surface area (Å²) < 4.78 is 5.24. The summed E-state index contributed by atoms with van der Waals surface area (Å²) in [6.45, 7) is -0.139. The Morgan fingerprint density at radius 2 is 2.38 bits per heavy atom. The number of benzene rings is 1. The van der Waals surface area contributed by atoms with Gasteiger partial charge >= 0.3 is 0 Å². The van der Waals surface area contributed by atoms with E-state index in [4.69, 9.17) is 15.1 Å². The number of fused-ring (bicyclic) bond motifs is 1. The van der Waals surface area contributed by atoms with Gasteiger partial charge in [-0.25, -0.2) is 0 Å². The van der Waals surface area contributed by atoms with Crippen molar-refractivity contribution in [2.24, 2.45) is 0 Å². The second-order valence-corrected chi connectivity index (χ2v) is 3.39. The molecule has 82 valence electrons. The maximum Gasteiger partial charge on any atom is 0.265 e. The highest BCUT2D eigenvalue weighted by Crippen LogP contribution is 2.32. The zero-order valence-electron chi connectivity index (χ0n) is 8.51. The molecule has 1 aliphatic rings. The van der Waals surface area contributed by atoms with Crippen molar-refractivity contribution in [3.63, 3.8) is 0 Å². The first-order chi connectivity index (χ1) is 7.76. The average Bonchev–Trinajstić information content (AvgIpc) is 2.32. The Labute approximate surface area is 92.5 Å². The summed E-state index contributed by atoms with van der Waals surface area (Å²) in [7, 11) is 0. The minimum Gasteiger partial charge on any atom is -0.482 e. The van der Waals surface area contributed by atoms with Gasteiger partial charge in [0.05, 0.1) is 18.4 Å². The summed E-state index contributed by atoms with van der Waals surface area (Å²) in [5, 5.41) is 17.6. The molecule has 16 heavy (non-hydrogen) atoms. The smallest absolute Gasteiger partial charge is 0.265 e. The molecule has 5 heteroatoms. The Morgan fingerprint density at radius 3 is 3.06 bits per heavy atom. The van der Waals surface area contributed by atoms with E-state index in [1.807, 2.05) is 6.07 Å². The number of aliphatic hydroxyl groups is 1. The molecule has 0 bridgehead atoms. The van der Waals surface area contributed by atoms with Crippen LogP contribution in [0.15, 0.2) is 18.2 Å². The van der Waals surface area contributed by atoms with Crippen LogP contribution in [0.1, 0.15) is 5.56 Å². The first-order valence-electron chi connectivity index (χ1n) is 4.80. The van der Waals surface area contributed by atoms with Gasteiger partial charge in [-0.15, -0.1) is 0 Å². The Balaban J connectivity index is 2.41. The lowest BCUT2D eigenvalue weighted by molar-refractivity contribution is -0.121. The molecule has 0 fully saturated rings. The number of hydrogen-bond acceptors (Lipinski definition) is 4. The van der Waals surface area contributed by atoms with E-state index in [1.165, 1.54) is 4.90 Å². The van der Waals surface area contributed by atoms with Gasteiger partial charge in [0, 0.05) is 0 Å². The molecular formula is C11H10N2O3. The third-order valence-corrected chi connectivity index (χ3v) is 2.38. The van der Waals surface area contributed by atoms with E-state index in [0.717, 1.165) is 0 Å². The normalized spacial score (nSPS) is 14.0.